The molecule has 2 atom stereocenters. The Morgan fingerprint density at radius 3 is 2.80 bits per heavy atom. The van der Waals surface area contributed by atoms with E-state index in [4.69, 9.17) is 0 Å². The van der Waals surface area contributed by atoms with Gasteiger partial charge in [0.1, 0.15) is 0 Å². The Kier molecular flexibility index (Phi) is 3.70. The van der Waals surface area contributed by atoms with Gasteiger partial charge < -0.3 is 10.2 Å². The zero-order chi connectivity index (χ0) is 14.1. The van der Waals surface area contributed by atoms with Gasteiger partial charge in [-0.05, 0) is 43.5 Å². The molecular formula is C15H18F2N2O. The molecule has 1 aromatic rings. The monoisotopic (exact) mass is 280 g/mol. The van der Waals surface area contributed by atoms with E-state index in [9.17, 15) is 13.6 Å². The molecule has 2 heterocycles. The first-order valence-electron chi connectivity index (χ1n) is 7.11. The van der Waals surface area contributed by atoms with Gasteiger partial charge in [0.05, 0.1) is 6.42 Å². The summed E-state index contributed by atoms with van der Waals surface area (Å²) in [5.41, 5.74) is 0.533. The molecular weight excluding hydrogens is 262 g/mol. The molecule has 2 unspecified atom stereocenters. The summed E-state index contributed by atoms with van der Waals surface area (Å²) in [6.07, 6.45) is 3.20. The Morgan fingerprint density at radius 2 is 2.00 bits per heavy atom. The predicted molar refractivity (Wildman–Crippen MR) is 71.2 cm³/mol. The third kappa shape index (κ3) is 2.54. The molecule has 1 amide bonds. The highest BCUT2D eigenvalue weighted by atomic mass is 19.2. The van der Waals surface area contributed by atoms with Crippen LogP contribution in [0.4, 0.5) is 8.78 Å². The summed E-state index contributed by atoms with van der Waals surface area (Å²) in [4.78, 5) is 14.4. The maximum Gasteiger partial charge on any atom is 0.227 e. The smallest absolute Gasteiger partial charge is 0.227 e. The normalized spacial score (nSPS) is 25.6. The topological polar surface area (TPSA) is 32.3 Å². The molecule has 1 aromatic carbocycles. The quantitative estimate of drug-likeness (QED) is 0.897. The maximum absolute atomic E-state index is 13.2. The third-order valence-corrected chi connectivity index (χ3v) is 4.28. The lowest BCUT2D eigenvalue weighted by atomic mass is 10.1. The summed E-state index contributed by atoms with van der Waals surface area (Å²) in [5.74, 6) is -1.75. The minimum absolute atomic E-state index is 0.0206. The Bertz CT molecular complexity index is 507. The van der Waals surface area contributed by atoms with Crippen LogP contribution in [0.1, 0.15) is 24.8 Å². The van der Waals surface area contributed by atoms with Crippen molar-refractivity contribution in [1.29, 1.82) is 0 Å². The van der Waals surface area contributed by atoms with Crippen molar-refractivity contribution in [3.05, 3.63) is 35.4 Å². The molecule has 0 aliphatic carbocycles. The van der Waals surface area contributed by atoms with Gasteiger partial charge in [0.15, 0.2) is 11.6 Å². The molecule has 2 fully saturated rings. The van der Waals surface area contributed by atoms with Gasteiger partial charge in [-0.3, -0.25) is 4.79 Å². The molecule has 5 heteroatoms. The molecule has 1 N–H and O–H groups in total. The van der Waals surface area contributed by atoms with Gasteiger partial charge >= 0.3 is 0 Å². The number of hydrogen-bond donors (Lipinski definition) is 1. The SMILES string of the molecule is O=C(Cc1ccc(F)c(F)c1)N1C2CCNCC1CC2. The van der Waals surface area contributed by atoms with E-state index in [0.29, 0.717) is 11.6 Å². The van der Waals surface area contributed by atoms with E-state index in [-0.39, 0.29) is 18.4 Å². The molecule has 0 aromatic heterocycles. The summed E-state index contributed by atoms with van der Waals surface area (Å²) >= 11 is 0. The molecule has 3 nitrogen and oxygen atoms in total. The van der Waals surface area contributed by atoms with E-state index in [0.717, 1.165) is 44.5 Å². The number of fused-ring (bicyclic) bond motifs is 2. The van der Waals surface area contributed by atoms with Gasteiger partial charge in [-0.1, -0.05) is 6.07 Å². The number of rotatable bonds is 2. The average Bonchev–Trinajstić information content (AvgIpc) is 2.67. The lowest BCUT2D eigenvalue weighted by Crippen LogP contribution is -2.43. The molecule has 0 saturated carbocycles. The van der Waals surface area contributed by atoms with Crippen LogP contribution < -0.4 is 5.32 Å². The zero-order valence-corrected chi connectivity index (χ0v) is 11.2. The Morgan fingerprint density at radius 1 is 1.20 bits per heavy atom. The van der Waals surface area contributed by atoms with Crippen molar-refractivity contribution in [2.24, 2.45) is 0 Å². The van der Waals surface area contributed by atoms with Crippen molar-refractivity contribution in [2.45, 2.75) is 37.8 Å². The minimum Gasteiger partial charge on any atom is -0.335 e. The highest BCUT2D eigenvalue weighted by Gasteiger charge is 2.37. The van der Waals surface area contributed by atoms with Crippen molar-refractivity contribution in [2.75, 3.05) is 13.1 Å². The van der Waals surface area contributed by atoms with Crippen LogP contribution in [0.25, 0.3) is 0 Å². The first-order chi connectivity index (χ1) is 9.65. The third-order valence-electron chi connectivity index (χ3n) is 4.28. The summed E-state index contributed by atoms with van der Waals surface area (Å²) in [7, 11) is 0. The van der Waals surface area contributed by atoms with E-state index >= 15 is 0 Å². The standard InChI is InChI=1S/C15H18F2N2O/c16-13-4-1-10(7-14(13)17)8-15(20)19-11-2-3-12(19)9-18-6-5-11/h1,4,7,11-12,18H,2-3,5-6,8-9H2. The van der Waals surface area contributed by atoms with Crippen LogP contribution in [0.3, 0.4) is 0 Å². The molecule has 2 aliphatic heterocycles. The number of carbonyl (C=O) groups excluding carboxylic acids is 1. The van der Waals surface area contributed by atoms with Crippen LogP contribution in [0.2, 0.25) is 0 Å². The molecule has 2 aliphatic rings. The van der Waals surface area contributed by atoms with Gasteiger partial charge in [0.25, 0.3) is 0 Å². The van der Waals surface area contributed by atoms with Crippen molar-refractivity contribution in [1.82, 2.24) is 10.2 Å². The van der Waals surface area contributed by atoms with Gasteiger partial charge in [-0.2, -0.15) is 0 Å². The number of nitrogens with one attached hydrogen (secondary N) is 1. The Balaban J connectivity index is 1.73. The molecule has 20 heavy (non-hydrogen) atoms. The van der Waals surface area contributed by atoms with Crippen molar-refractivity contribution < 1.29 is 13.6 Å². The van der Waals surface area contributed by atoms with Crippen molar-refractivity contribution >= 4 is 5.91 Å². The number of nitrogens with zero attached hydrogens (tertiary/aromatic N) is 1. The van der Waals surface area contributed by atoms with Crippen LogP contribution in [0, 0.1) is 11.6 Å². The van der Waals surface area contributed by atoms with Gasteiger partial charge in [0.2, 0.25) is 5.91 Å². The lowest BCUT2D eigenvalue weighted by molar-refractivity contribution is -0.133. The molecule has 2 saturated heterocycles. The molecule has 0 spiro atoms. The zero-order valence-electron chi connectivity index (χ0n) is 11.2. The van der Waals surface area contributed by atoms with Crippen LogP contribution in [-0.2, 0) is 11.2 Å². The second-order valence-corrected chi connectivity index (χ2v) is 5.60. The molecule has 108 valence electrons. The van der Waals surface area contributed by atoms with Crippen molar-refractivity contribution in [3.63, 3.8) is 0 Å². The number of hydrogen-bond acceptors (Lipinski definition) is 2. The Hall–Kier alpha value is -1.49. The number of benzene rings is 1. The van der Waals surface area contributed by atoms with E-state index in [1.807, 2.05) is 4.90 Å². The van der Waals surface area contributed by atoms with Crippen LogP contribution in [0.15, 0.2) is 18.2 Å². The largest absolute Gasteiger partial charge is 0.335 e. The number of amides is 1. The number of carbonyl (C=O) groups is 1. The fraction of sp³-hybridized carbons (Fsp3) is 0.533. The molecule has 0 radical (unpaired) electrons. The van der Waals surface area contributed by atoms with Crippen molar-refractivity contribution in [3.8, 4) is 0 Å². The summed E-state index contributed by atoms with van der Waals surface area (Å²) in [6.45, 7) is 1.77. The Labute approximate surface area is 117 Å². The van der Waals surface area contributed by atoms with E-state index in [1.165, 1.54) is 6.07 Å². The highest BCUT2D eigenvalue weighted by Crippen LogP contribution is 2.28. The minimum atomic E-state index is -0.893. The second kappa shape index (κ2) is 5.48. The van der Waals surface area contributed by atoms with Crippen LogP contribution >= 0.6 is 0 Å². The fourth-order valence-corrected chi connectivity index (χ4v) is 3.31. The summed E-state index contributed by atoms with van der Waals surface area (Å²) in [5, 5.41) is 3.34. The average molecular weight is 280 g/mol. The number of halogens is 2. The summed E-state index contributed by atoms with van der Waals surface area (Å²) < 4.78 is 26.1. The highest BCUT2D eigenvalue weighted by molar-refractivity contribution is 5.79. The molecule has 2 bridgehead atoms. The van der Waals surface area contributed by atoms with Crippen LogP contribution in [-0.4, -0.2) is 36.0 Å². The predicted octanol–water partition coefficient (Wildman–Crippen LogP) is 1.86. The van der Waals surface area contributed by atoms with Gasteiger partial charge in [0, 0.05) is 18.6 Å². The lowest BCUT2D eigenvalue weighted by Gasteiger charge is -2.28. The first-order valence-corrected chi connectivity index (χ1v) is 7.11. The molecule has 3 rings (SSSR count). The van der Waals surface area contributed by atoms with Crippen LogP contribution in [0.5, 0.6) is 0 Å². The van der Waals surface area contributed by atoms with E-state index in [1.54, 1.807) is 0 Å². The first kappa shape index (κ1) is 13.5. The fourth-order valence-electron chi connectivity index (χ4n) is 3.31. The van der Waals surface area contributed by atoms with Gasteiger partial charge in [-0.15, -0.1) is 0 Å². The van der Waals surface area contributed by atoms with Gasteiger partial charge in [-0.25, -0.2) is 8.78 Å². The maximum atomic E-state index is 13.2. The summed E-state index contributed by atoms with van der Waals surface area (Å²) in [6, 6.07) is 4.23. The second-order valence-electron chi connectivity index (χ2n) is 5.60. The van der Waals surface area contributed by atoms with E-state index in [2.05, 4.69) is 5.32 Å². The van der Waals surface area contributed by atoms with E-state index < -0.39 is 11.6 Å².